The second-order valence-corrected chi connectivity index (χ2v) is 7.83. The molecule has 1 amide bonds. The van der Waals surface area contributed by atoms with Crippen LogP contribution in [-0.2, 0) is 0 Å². The summed E-state index contributed by atoms with van der Waals surface area (Å²) in [5, 5.41) is 4.82. The van der Waals surface area contributed by atoms with Gasteiger partial charge in [0.05, 0.1) is 37.7 Å². The van der Waals surface area contributed by atoms with Crippen molar-refractivity contribution < 1.29 is 19.0 Å². The van der Waals surface area contributed by atoms with Crippen LogP contribution in [0.25, 0.3) is 16.2 Å². The number of carbonyl (C=O) groups is 1. The molecule has 32 heavy (non-hydrogen) atoms. The summed E-state index contributed by atoms with van der Waals surface area (Å²) < 4.78 is 17.2. The first-order chi connectivity index (χ1) is 15.5. The zero-order chi connectivity index (χ0) is 22.8. The van der Waals surface area contributed by atoms with Gasteiger partial charge in [0.15, 0.2) is 4.96 Å². The lowest BCUT2D eigenvalue weighted by Crippen LogP contribution is -2.26. The maximum absolute atomic E-state index is 13.3. The molecule has 8 nitrogen and oxygen atoms in total. The average molecular weight is 472 g/mol. The number of thiazole rings is 1. The summed E-state index contributed by atoms with van der Waals surface area (Å²) in [6.45, 7) is 0. The number of amides is 1. The first kappa shape index (κ1) is 21.7. The predicted octanol–water partition coefficient (Wildman–Crippen LogP) is 4.35. The van der Waals surface area contributed by atoms with Gasteiger partial charge in [0.2, 0.25) is 0 Å². The van der Waals surface area contributed by atoms with Crippen LogP contribution in [0.2, 0.25) is 5.02 Å². The van der Waals surface area contributed by atoms with E-state index in [1.807, 2.05) is 29.6 Å². The summed E-state index contributed by atoms with van der Waals surface area (Å²) in [7, 11) is 4.48. The molecule has 4 aromatic rings. The Morgan fingerprint density at radius 3 is 2.59 bits per heavy atom. The van der Waals surface area contributed by atoms with Crippen molar-refractivity contribution >= 4 is 39.5 Å². The van der Waals surface area contributed by atoms with Crippen molar-refractivity contribution in [3.8, 4) is 28.5 Å². The van der Waals surface area contributed by atoms with Crippen molar-refractivity contribution in [2.75, 3.05) is 26.6 Å². The van der Waals surface area contributed by atoms with E-state index in [9.17, 15) is 9.59 Å². The van der Waals surface area contributed by atoms with Gasteiger partial charge < -0.3 is 19.5 Å². The van der Waals surface area contributed by atoms with Crippen molar-refractivity contribution in [1.29, 1.82) is 0 Å². The summed E-state index contributed by atoms with van der Waals surface area (Å²) in [5.74, 6) is 0.694. The molecule has 0 saturated carbocycles. The number of hydrogen-bond acceptors (Lipinski definition) is 7. The highest BCUT2D eigenvalue weighted by Gasteiger charge is 2.19. The Morgan fingerprint density at radius 1 is 1.09 bits per heavy atom. The molecule has 0 atom stereocenters. The van der Waals surface area contributed by atoms with E-state index in [-0.39, 0.29) is 5.56 Å². The number of anilines is 1. The second-order valence-electron chi connectivity index (χ2n) is 6.59. The lowest BCUT2D eigenvalue weighted by Gasteiger charge is -2.13. The monoisotopic (exact) mass is 471 g/mol. The van der Waals surface area contributed by atoms with E-state index in [2.05, 4.69) is 10.3 Å². The van der Waals surface area contributed by atoms with Crippen LogP contribution in [0.3, 0.4) is 0 Å². The summed E-state index contributed by atoms with van der Waals surface area (Å²) >= 11 is 7.42. The molecule has 2 aromatic carbocycles. The summed E-state index contributed by atoms with van der Waals surface area (Å²) in [6.07, 6.45) is 1.26. The first-order valence-corrected chi connectivity index (χ1v) is 10.6. The van der Waals surface area contributed by atoms with Crippen LogP contribution >= 0.6 is 22.9 Å². The van der Waals surface area contributed by atoms with Gasteiger partial charge >= 0.3 is 0 Å². The highest BCUT2D eigenvalue weighted by Crippen LogP contribution is 2.36. The molecule has 1 N–H and O–H groups in total. The molecule has 164 valence electrons. The maximum Gasteiger partial charge on any atom is 0.271 e. The first-order valence-electron chi connectivity index (χ1n) is 9.33. The minimum Gasteiger partial charge on any atom is -0.497 e. The van der Waals surface area contributed by atoms with E-state index in [4.69, 9.17) is 25.8 Å². The Hall–Kier alpha value is -3.56. The number of methoxy groups -OCH3 is 3. The van der Waals surface area contributed by atoms with E-state index in [0.29, 0.717) is 38.6 Å². The number of fused-ring (bicyclic) bond motifs is 1. The third-order valence-corrected chi connectivity index (χ3v) is 5.91. The van der Waals surface area contributed by atoms with Gasteiger partial charge in [-0.05, 0) is 12.1 Å². The number of aromatic nitrogens is 2. The lowest BCUT2D eigenvalue weighted by atomic mass is 10.1. The van der Waals surface area contributed by atoms with Gasteiger partial charge in [-0.1, -0.05) is 23.7 Å². The van der Waals surface area contributed by atoms with E-state index in [1.165, 1.54) is 48.3 Å². The molecule has 0 saturated heterocycles. The molecule has 0 fully saturated rings. The molecule has 2 heterocycles. The van der Waals surface area contributed by atoms with E-state index in [0.717, 1.165) is 5.56 Å². The number of ether oxygens (including phenoxy) is 3. The van der Waals surface area contributed by atoms with Gasteiger partial charge in [0, 0.05) is 29.3 Å². The number of rotatable bonds is 6. The van der Waals surface area contributed by atoms with Crippen molar-refractivity contribution in [3.63, 3.8) is 0 Å². The molecule has 0 aliphatic rings. The quantitative estimate of drug-likeness (QED) is 0.449. The van der Waals surface area contributed by atoms with E-state index >= 15 is 0 Å². The van der Waals surface area contributed by atoms with Crippen LogP contribution in [0.1, 0.15) is 10.4 Å². The van der Waals surface area contributed by atoms with E-state index < -0.39 is 11.5 Å². The largest absolute Gasteiger partial charge is 0.497 e. The van der Waals surface area contributed by atoms with E-state index in [1.54, 1.807) is 7.11 Å². The number of nitrogens with one attached hydrogen (secondary N) is 1. The third kappa shape index (κ3) is 3.88. The van der Waals surface area contributed by atoms with Crippen molar-refractivity contribution in [1.82, 2.24) is 9.38 Å². The topological polar surface area (TPSA) is 91.2 Å². The molecule has 4 rings (SSSR count). The van der Waals surface area contributed by atoms with Crippen LogP contribution in [-0.4, -0.2) is 36.6 Å². The summed E-state index contributed by atoms with van der Waals surface area (Å²) in [5.41, 5.74) is 1.07. The van der Waals surface area contributed by atoms with Gasteiger partial charge in [0.25, 0.3) is 11.5 Å². The Labute approximate surface area is 192 Å². The fraction of sp³-hybridized carbons (Fsp3) is 0.136. The Bertz CT molecular complexity index is 1380. The maximum atomic E-state index is 13.3. The number of benzene rings is 2. The summed E-state index contributed by atoms with van der Waals surface area (Å²) in [6, 6.07) is 10.3. The van der Waals surface area contributed by atoms with Crippen LogP contribution in [0.4, 0.5) is 5.69 Å². The zero-order valence-electron chi connectivity index (χ0n) is 17.3. The fourth-order valence-corrected chi connectivity index (χ4v) is 4.27. The van der Waals surface area contributed by atoms with Crippen molar-refractivity contribution in [3.05, 3.63) is 68.9 Å². The number of nitrogens with zero attached hydrogens (tertiary/aromatic N) is 2. The molecule has 0 unspecified atom stereocenters. The van der Waals surface area contributed by atoms with Gasteiger partial charge in [0.1, 0.15) is 22.8 Å². The number of carbonyl (C=O) groups excluding carboxylic acids is 1. The smallest absolute Gasteiger partial charge is 0.271 e. The van der Waals surface area contributed by atoms with Crippen LogP contribution in [0.5, 0.6) is 17.2 Å². The standard InChI is InChI=1S/C22H18ClN3O5S/c1-29-13-6-4-5-12(7-13)17-11-32-22-24-10-14(21(28)26(17)22)20(27)25-16-9-18(30-2)15(23)8-19(16)31-3/h4-11H,1-3H3,(H,25,27). The van der Waals surface area contributed by atoms with Gasteiger partial charge in [-0.25, -0.2) is 4.98 Å². The second kappa shape index (κ2) is 8.89. The summed E-state index contributed by atoms with van der Waals surface area (Å²) in [4.78, 5) is 31.0. The SMILES string of the molecule is COc1cccc(-c2csc3ncc(C(=O)Nc4cc(OC)c(Cl)cc4OC)c(=O)n23)c1. The molecule has 2 aromatic heterocycles. The van der Waals surface area contributed by atoms with Crippen LogP contribution in [0, 0.1) is 0 Å². The number of hydrogen-bond donors (Lipinski definition) is 1. The average Bonchev–Trinajstić information content (AvgIpc) is 3.25. The molecular weight excluding hydrogens is 454 g/mol. The predicted molar refractivity (Wildman–Crippen MR) is 124 cm³/mol. The molecule has 10 heteroatoms. The lowest BCUT2D eigenvalue weighted by molar-refractivity contribution is 0.102. The molecule has 0 radical (unpaired) electrons. The third-order valence-electron chi connectivity index (χ3n) is 4.78. The Kier molecular flexibility index (Phi) is 6.02. The normalized spacial score (nSPS) is 10.8. The van der Waals surface area contributed by atoms with Crippen molar-refractivity contribution in [2.24, 2.45) is 0 Å². The molecule has 0 aliphatic heterocycles. The molecule has 0 spiro atoms. The van der Waals surface area contributed by atoms with Gasteiger partial charge in [-0.2, -0.15) is 0 Å². The highest BCUT2D eigenvalue weighted by molar-refractivity contribution is 7.15. The van der Waals surface area contributed by atoms with Crippen LogP contribution in [0.15, 0.2) is 52.8 Å². The molecule has 0 bridgehead atoms. The minimum atomic E-state index is -0.637. The van der Waals surface area contributed by atoms with Crippen molar-refractivity contribution in [2.45, 2.75) is 0 Å². The fourth-order valence-electron chi connectivity index (χ4n) is 3.18. The zero-order valence-corrected chi connectivity index (χ0v) is 18.9. The highest BCUT2D eigenvalue weighted by atomic mass is 35.5. The Morgan fingerprint density at radius 2 is 1.88 bits per heavy atom. The van der Waals surface area contributed by atoms with Gasteiger partial charge in [-0.3, -0.25) is 14.0 Å². The number of halogens is 1. The molecule has 0 aliphatic carbocycles. The molecular formula is C22H18ClN3O5S. The Balaban J connectivity index is 1.77. The van der Waals surface area contributed by atoms with Gasteiger partial charge in [-0.15, -0.1) is 11.3 Å². The van der Waals surface area contributed by atoms with Crippen LogP contribution < -0.4 is 25.1 Å². The minimum absolute atomic E-state index is 0.124.